The number of hydrogen-bond donors (Lipinski definition) is 1. The van der Waals surface area contributed by atoms with Crippen LogP contribution in [0, 0.1) is 17.0 Å². The molecule has 0 saturated carbocycles. The van der Waals surface area contributed by atoms with E-state index < -0.39 is 28.3 Å². The van der Waals surface area contributed by atoms with Crippen LogP contribution >= 0.6 is 0 Å². The smallest absolute Gasteiger partial charge is 0.416 e. The van der Waals surface area contributed by atoms with Gasteiger partial charge in [-0.25, -0.2) is 0 Å². The first-order chi connectivity index (χ1) is 12.6. The minimum Gasteiger partial charge on any atom is -0.464 e. The first-order valence-corrected chi connectivity index (χ1v) is 7.77. The van der Waals surface area contributed by atoms with Crippen molar-refractivity contribution in [3.05, 3.63) is 69.5 Å². The van der Waals surface area contributed by atoms with E-state index in [1.165, 1.54) is 6.26 Å². The molecule has 3 rings (SSSR count). The highest BCUT2D eigenvalue weighted by molar-refractivity contribution is 5.97. The highest BCUT2D eigenvalue weighted by Gasteiger charge is 2.33. The number of anilines is 1. The lowest BCUT2D eigenvalue weighted by molar-refractivity contribution is -0.384. The Hall–Kier alpha value is -3.36. The number of rotatable bonds is 4. The number of nitro benzene ring substituents is 1. The minimum absolute atomic E-state index is 0.144. The Bertz CT molecular complexity index is 1040. The van der Waals surface area contributed by atoms with Gasteiger partial charge in [0, 0.05) is 17.0 Å². The van der Waals surface area contributed by atoms with Gasteiger partial charge in [0.1, 0.15) is 11.3 Å². The van der Waals surface area contributed by atoms with Crippen molar-refractivity contribution in [2.45, 2.75) is 19.5 Å². The van der Waals surface area contributed by atoms with Crippen LogP contribution in [-0.2, 0) is 17.4 Å². The molecule has 0 bridgehead atoms. The van der Waals surface area contributed by atoms with Gasteiger partial charge in [-0.1, -0.05) is 11.6 Å². The van der Waals surface area contributed by atoms with E-state index >= 15 is 0 Å². The average Bonchev–Trinajstić information content (AvgIpc) is 2.96. The van der Waals surface area contributed by atoms with Gasteiger partial charge in [-0.2, -0.15) is 13.2 Å². The zero-order valence-corrected chi connectivity index (χ0v) is 14.0. The molecular weight excluding hydrogens is 365 g/mol. The summed E-state index contributed by atoms with van der Waals surface area (Å²) in [7, 11) is 0. The number of halogens is 3. The maximum Gasteiger partial charge on any atom is 0.416 e. The number of alkyl halides is 3. The third-order valence-corrected chi connectivity index (χ3v) is 3.96. The molecule has 0 aliphatic heterocycles. The van der Waals surface area contributed by atoms with Gasteiger partial charge in [-0.3, -0.25) is 14.9 Å². The molecule has 9 heteroatoms. The summed E-state index contributed by atoms with van der Waals surface area (Å²) < 4.78 is 43.6. The molecule has 0 saturated heterocycles. The van der Waals surface area contributed by atoms with Crippen molar-refractivity contribution in [3.63, 3.8) is 0 Å². The topological polar surface area (TPSA) is 85.4 Å². The molecule has 2 aromatic carbocycles. The second kappa shape index (κ2) is 6.75. The second-order valence-corrected chi connectivity index (χ2v) is 5.97. The van der Waals surface area contributed by atoms with E-state index in [2.05, 4.69) is 5.32 Å². The molecular formula is C18H13F3N2O4. The third kappa shape index (κ3) is 3.91. The normalized spacial score (nSPS) is 11.6. The Kier molecular flexibility index (Phi) is 4.61. The van der Waals surface area contributed by atoms with E-state index in [0.717, 1.165) is 17.0 Å². The van der Waals surface area contributed by atoms with E-state index in [9.17, 15) is 28.1 Å². The molecule has 1 amide bonds. The Labute approximate surface area is 150 Å². The summed E-state index contributed by atoms with van der Waals surface area (Å²) in [5, 5.41) is 14.1. The zero-order valence-electron chi connectivity index (χ0n) is 14.0. The molecule has 0 fully saturated rings. The molecule has 27 heavy (non-hydrogen) atoms. The van der Waals surface area contributed by atoms with E-state index in [0.29, 0.717) is 23.3 Å². The van der Waals surface area contributed by atoms with Crippen LogP contribution in [0.1, 0.15) is 16.7 Å². The lowest BCUT2D eigenvalue weighted by atomic mass is 10.1. The molecule has 1 aromatic heterocycles. The quantitative estimate of drug-likeness (QED) is 0.519. The Balaban J connectivity index is 1.85. The van der Waals surface area contributed by atoms with E-state index in [4.69, 9.17) is 4.42 Å². The molecule has 140 valence electrons. The number of carbonyl (C=O) groups is 1. The Morgan fingerprint density at radius 2 is 1.96 bits per heavy atom. The third-order valence-electron chi connectivity index (χ3n) is 3.96. The standard InChI is InChI=1S/C18H13F3N2O4/c1-10-2-5-16-13(6-10)11(9-27-16)7-17(24)22-14-4-3-12(18(19,20)21)8-15(14)23(25)26/h2-6,8-9H,7H2,1H3,(H,22,24). The number of hydrogen-bond acceptors (Lipinski definition) is 4. The molecule has 0 spiro atoms. The van der Waals surface area contributed by atoms with Crippen LogP contribution in [0.15, 0.2) is 47.1 Å². The van der Waals surface area contributed by atoms with Crippen molar-refractivity contribution in [2.75, 3.05) is 5.32 Å². The summed E-state index contributed by atoms with van der Waals surface area (Å²) in [5.74, 6) is -0.609. The van der Waals surface area contributed by atoms with Crippen molar-refractivity contribution in [2.24, 2.45) is 0 Å². The molecule has 0 aliphatic rings. The van der Waals surface area contributed by atoms with Crippen LogP contribution in [-0.4, -0.2) is 10.8 Å². The first kappa shape index (κ1) is 18.4. The SMILES string of the molecule is Cc1ccc2occ(CC(=O)Nc3ccc(C(F)(F)F)cc3[N+](=O)[O-])c2c1. The summed E-state index contributed by atoms with van der Waals surface area (Å²) in [5.41, 5.74) is -0.176. The minimum atomic E-state index is -4.72. The van der Waals surface area contributed by atoms with Crippen molar-refractivity contribution in [1.29, 1.82) is 0 Å². The predicted octanol–water partition coefficient (Wildman–Crippen LogP) is 4.85. The van der Waals surface area contributed by atoms with Gasteiger partial charge in [-0.15, -0.1) is 0 Å². The molecule has 0 aliphatic carbocycles. The van der Waals surface area contributed by atoms with Crippen LogP contribution in [0.25, 0.3) is 11.0 Å². The highest BCUT2D eigenvalue weighted by atomic mass is 19.4. The number of fused-ring (bicyclic) bond motifs is 1. The summed E-state index contributed by atoms with van der Waals surface area (Å²) in [4.78, 5) is 22.4. The van der Waals surface area contributed by atoms with Gasteiger partial charge in [0.25, 0.3) is 5.69 Å². The fraction of sp³-hybridized carbons (Fsp3) is 0.167. The van der Waals surface area contributed by atoms with Gasteiger partial charge in [0.2, 0.25) is 5.91 Å². The van der Waals surface area contributed by atoms with Crippen molar-refractivity contribution in [3.8, 4) is 0 Å². The molecule has 1 heterocycles. The molecule has 0 radical (unpaired) electrons. The Morgan fingerprint density at radius 3 is 2.63 bits per heavy atom. The van der Waals surface area contributed by atoms with Gasteiger partial charge in [0.15, 0.2) is 0 Å². The van der Waals surface area contributed by atoms with Crippen LogP contribution < -0.4 is 5.32 Å². The number of aryl methyl sites for hydroxylation is 1. The zero-order chi connectivity index (χ0) is 19.8. The lowest BCUT2D eigenvalue weighted by Crippen LogP contribution is -2.16. The van der Waals surface area contributed by atoms with Crippen LogP contribution in [0.4, 0.5) is 24.5 Å². The number of nitrogens with zero attached hydrogens (tertiary/aromatic N) is 1. The van der Waals surface area contributed by atoms with Crippen molar-refractivity contribution < 1.29 is 27.3 Å². The highest BCUT2D eigenvalue weighted by Crippen LogP contribution is 2.35. The molecule has 0 unspecified atom stereocenters. The number of nitro groups is 1. The van der Waals surface area contributed by atoms with Crippen LogP contribution in [0.2, 0.25) is 0 Å². The monoisotopic (exact) mass is 378 g/mol. The van der Waals surface area contributed by atoms with Gasteiger partial charge < -0.3 is 9.73 Å². The fourth-order valence-electron chi connectivity index (χ4n) is 2.66. The maximum absolute atomic E-state index is 12.7. The summed E-state index contributed by atoms with van der Waals surface area (Å²) >= 11 is 0. The van der Waals surface area contributed by atoms with Crippen LogP contribution in [0.5, 0.6) is 0 Å². The summed E-state index contributed by atoms with van der Waals surface area (Å²) in [6.45, 7) is 1.88. The van der Waals surface area contributed by atoms with E-state index in [-0.39, 0.29) is 12.1 Å². The van der Waals surface area contributed by atoms with Gasteiger partial charge in [0.05, 0.1) is 23.2 Å². The largest absolute Gasteiger partial charge is 0.464 e. The van der Waals surface area contributed by atoms with Crippen molar-refractivity contribution >= 4 is 28.3 Å². The number of amides is 1. The number of furan rings is 1. The maximum atomic E-state index is 12.7. The van der Waals surface area contributed by atoms with Gasteiger partial charge in [-0.05, 0) is 31.2 Å². The number of benzene rings is 2. The molecule has 3 aromatic rings. The fourth-order valence-corrected chi connectivity index (χ4v) is 2.66. The average molecular weight is 378 g/mol. The van der Waals surface area contributed by atoms with E-state index in [1.807, 2.05) is 19.1 Å². The van der Waals surface area contributed by atoms with Crippen LogP contribution in [0.3, 0.4) is 0 Å². The first-order valence-electron chi connectivity index (χ1n) is 7.77. The molecule has 0 atom stereocenters. The predicted molar refractivity (Wildman–Crippen MR) is 91.4 cm³/mol. The molecule has 1 N–H and O–H groups in total. The lowest BCUT2D eigenvalue weighted by Gasteiger charge is -2.09. The number of carbonyl (C=O) groups excluding carboxylic acids is 1. The summed E-state index contributed by atoms with van der Waals surface area (Å²) in [6.07, 6.45) is -3.46. The van der Waals surface area contributed by atoms with Crippen molar-refractivity contribution in [1.82, 2.24) is 0 Å². The van der Waals surface area contributed by atoms with Gasteiger partial charge >= 0.3 is 6.18 Å². The summed E-state index contributed by atoms with van der Waals surface area (Å²) in [6, 6.07) is 7.39. The van der Waals surface area contributed by atoms with E-state index in [1.54, 1.807) is 6.07 Å². The second-order valence-electron chi connectivity index (χ2n) is 5.97. The number of nitrogens with one attached hydrogen (secondary N) is 1. The Morgan fingerprint density at radius 1 is 1.22 bits per heavy atom. The molecule has 6 nitrogen and oxygen atoms in total.